The van der Waals surface area contributed by atoms with Crippen molar-refractivity contribution in [2.24, 2.45) is 5.73 Å². The van der Waals surface area contributed by atoms with Gasteiger partial charge in [0.15, 0.2) is 0 Å². The molecule has 2 rings (SSSR count). The van der Waals surface area contributed by atoms with Gasteiger partial charge in [0.1, 0.15) is 0 Å². The van der Waals surface area contributed by atoms with E-state index >= 15 is 0 Å². The molecule has 0 atom stereocenters. The van der Waals surface area contributed by atoms with Crippen LogP contribution in [0.1, 0.15) is 20.7 Å². The van der Waals surface area contributed by atoms with Crippen molar-refractivity contribution < 1.29 is 9.59 Å². The van der Waals surface area contributed by atoms with Crippen molar-refractivity contribution in [3.63, 3.8) is 0 Å². The van der Waals surface area contributed by atoms with Crippen molar-refractivity contribution >= 4 is 34.8 Å². The molecule has 102 valence electrons. The standard InChI is InChI=1S/C14H12ClN3O2/c15-12-6-3-9(16)7-11(12)14(20)18-10-4-1-8(2-5-10)13(17)19/h1-7H,16H2,(H2,17,19)(H,18,20). The zero-order chi connectivity index (χ0) is 14.7. The Hall–Kier alpha value is -2.53. The molecule has 0 aliphatic carbocycles. The fourth-order valence-corrected chi connectivity index (χ4v) is 1.84. The molecule has 6 heteroatoms. The Kier molecular flexibility index (Phi) is 3.91. The third-order valence-electron chi connectivity index (χ3n) is 2.66. The number of rotatable bonds is 3. The number of nitrogen functional groups attached to an aromatic ring is 1. The quantitative estimate of drug-likeness (QED) is 0.756. The SMILES string of the molecule is NC(=O)c1ccc(NC(=O)c2cc(N)ccc2Cl)cc1. The second kappa shape index (κ2) is 5.63. The molecule has 0 radical (unpaired) electrons. The topological polar surface area (TPSA) is 98.2 Å². The molecule has 0 saturated heterocycles. The molecular weight excluding hydrogens is 278 g/mol. The van der Waals surface area contributed by atoms with E-state index in [0.29, 0.717) is 22.0 Å². The number of amides is 2. The third-order valence-corrected chi connectivity index (χ3v) is 2.99. The minimum atomic E-state index is -0.526. The normalized spacial score (nSPS) is 10.1. The lowest BCUT2D eigenvalue weighted by molar-refractivity contribution is 0.0998. The van der Waals surface area contributed by atoms with E-state index in [1.165, 1.54) is 18.2 Å². The van der Waals surface area contributed by atoms with Crippen molar-refractivity contribution in [2.45, 2.75) is 0 Å². The van der Waals surface area contributed by atoms with Gasteiger partial charge in [-0.1, -0.05) is 11.6 Å². The average Bonchev–Trinajstić information content (AvgIpc) is 2.42. The molecular formula is C14H12ClN3O2. The van der Waals surface area contributed by atoms with Crippen LogP contribution in [-0.4, -0.2) is 11.8 Å². The number of carbonyl (C=O) groups excluding carboxylic acids is 2. The monoisotopic (exact) mass is 289 g/mol. The van der Waals surface area contributed by atoms with E-state index in [1.807, 2.05) is 0 Å². The minimum Gasteiger partial charge on any atom is -0.399 e. The molecule has 0 aromatic heterocycles. The molecule has 0 aliphatic rings. The van der Waals surface area contributed by atoms with Crippen molar-refractivity contribution in [3.05, 3.63) is 58.6 Å². The number of nitrogens with two attached hydrogens (primary N) is 2. The van der Waals surface area contributed by atoms with Crippen LogP contribution in [0.5, 0.6) is 0 Å². The average molecular weight is 290 g/mol. The summed E-state index contributed by atoms with van der Waals surface area (Å²) in [6.45, 7) is 0. The van der Waals surface area contributed by atoms with Crippen LogP contribution in [0.25, 0.3) is 0 Å². The Morgan fingerprint density at radius 1 is 1.05 bits per heavy atom. The number of primary amides is 1. The van der Waals surface area contributed by atoms with Gasteiger partial charge in [-0.2, -0.15) is 0 Å². The van der Waals surface area contributed by atoms with Crippen molar-refractivity contribution in [1.82, 2.24) is 0 Å². The number of halogens is 1. The molecule has 20 heavy (non-hydrogen) atoms. The van der Waals surface area contributed by atoms with Gasteiger partial charge >= 0.3 is 0 Å². The summed E-state index contributed by atoms with van der Waals surface area (Å²) >= 11 is 5.95. The van der Waals surface area contributed by atoms with Gasteiger partial charge in [0, 0.05) is 16.9 Å². The summed E-state index contributed by atoms with van der Waals surface area (Å²) in [5.41, 5.74) is 12.4. The molecule has 2 amide bonds. The van der Waals surface area contributed by atoms with Crippen LogP contribution in [0.2, 0.25) is 5.02 Å². The summed E-state index contributed by atoms with van der Waals surface area (Å²) in [4.78, 5) is 23.0. The van der Waals surface area contributed by atoms with Crippen LogP contribution >= 0.6 is 11.6 Å². The fourth-order valence-electron chi connectivity index (χ4n) is 1.63. The summed E-state index contributed by atoms with van der Waals surface area (Å²) in [5, 5.41) is 2.97. The fraction of sp³-hybridized carbons (Fsp3) is 0. The maximum absolute atomic E-state index is 12.1. The first-order chi connectivity index (χ1) is 9.47. The Morgan fingerprint density at radius 3 is 2.30 bits per heavy atom. The van der Waals surface area contributed by atoms with Gasteiger partial charge in [-0.05, 0) is 42.5 Å². The van der Waals surface area contributed by atoms with E-state index < -0.39 is 5.91 Å². The van der Waals surface area contributed by atoms with Crippen LogP contribution in [0.4, 0.5) is 11.4 Å². The van der Waals surface area contributed by atoms with E-state index in [9.17, 15) is 9.59 Å². The zero-order valence-electron chi connectivity index (χ0n) is 10.4. The van der Waals surface area contributed by atoms with Gasteiger partial charge in [0.2, 0.25) is 5.91 Å². The molecule has 5 N–H and O–H groups in total. The van der Waals surface area contributed by atoms with Crippen LogP contribution in [0.3, 0.4) is 0 Å². The highest BCUT2D eigenvalue weighted by Gasteiger charge is 2.11. The number of anilines is 2. The zero-order valence-corrected chi connectivity index (χ0v) is 11.1. The highest BCUT2D eigenvalue weighted by atomic mass is 35.5. The van der Waals surface area contributed by atoms with Crippen LogP contribution in [0, 0.1) is 0 Å². The number of hydrogen-bond donors (Lipinski definition) is 3. The van der Waals surface area contributed by atoms with Crippen LogP contribution in [0.15, 0.2) is 42.5 Å². The molecule has 2 aromatic carbocycles. The highest BCUT2D eigenvalue weighted by Crippen LogP contribution is 2.20. The van der Waals surface area contributed by atoms with Crippen molar-refractivity contribution in [2.75, 3.05) is 11.1 Å². The molecule has 0 heterocycles. The minimum absolute atomic E-state index is 0.283. The Morgan fingerprint density at radius 2 is 1.70 bits per heavy atom. The number of hydrogen-bond acceptors (Lipinski definition) is 3. The lowest BCUT2D eigenvalue weighted by atomic mass is 10.1. The summed E-state index contributed by atoms with van der Waals surface area (Å²) in [6.07, 6.45) is 0. The first-order valence-corrected chi connectivity index (χ1v) is 6.11. The summed E-state index contributed by atoms with van der Waals surface area (Å²) in [5.74, 6) is -0.907. The van der Waals surface area contributed by atoms with E-state index in [1.54, 1.807) is 24.3 Å². The highest BCUT2D eigenvalue weighted by molar-refractivity contribution is 6.34. The molecule has 0 aliphatic heterocycles. The molecule has 0 spiro atoms. The van der Waals surface area contributed by atoms with E-state index in [-0.39, 0.29) is 11.5 Å². The van der Waals surface area contributed by atoms with Crippen molar-refractivity contribution in [3.8, 4) is 0 Å². The van der Waals surface area contributed by atoms with Crippen molar-refractivity contribution in [1.29, 1.82) is 0 Å². The Labute approximate surface area is 120 Å². The maximum Gasteiger partial charge on any atom is 0.257 e. The summed E-state index contributed by atoms with van der Waals surface area (Å²) < 4.78 is 0. The molecule has 0 unspecified atom stereocenters. The first-order valence-electron chi connectivity index (χ1n) is 5.73. The number of benzene rings is 2. The molecule has 0 saturated carbocycles. The third kappa shape index (κ3) is 3.07. The summed E-state index contributed by atoms with van der Waals surface area (Å²) in [7, 11) is 0. The predicted molar refractivity (Wildman–Crippen MR) is 78.8 cm³/mol. The smallest absolute Gasteiger partial charge is 0.257 e. The Bertz CT molecular complexity index is 669. The second-order valence-corrected chi connectivity index (χ2v) is 4.54. The second-order valence-electron chi connectivity index (χ2n) is 4.14. The first kappa shape index (κ1) is 13.9. The van der Waals surface area contributed by atoms with Gasteiger partial charge in [-0.15, -0.1) is 0 Å². The van der Waals surface area contributed by atoms with E-state index in [4.69, 9.17) is 23.1 Å². The van der Waals surface area contributed by atoms with Gasteiger partial charge in [-0.25, -0.2) is 0 Å². The van der Waals surface area contributed by atoms with Crippen LogP contribution in [-0.2, 0) is 0 Å². The Balaban J connectivity index is 2.19. The lowest BCUT2D eigenvalue weighted by Crippen LogP contribution is -2.14. The van der Waals surface area contributed by atoms with Gasteiger partial charge in [-0.3, -0.25) is 9.59 Å². The molecule has 0 fully saturated rings. The molecule has 2 aromatic rings. The predicted octanol–water partition coefficient (Wildman–Crippen LogP) is 2.27. The number of carbonyl (C=O) groups is 2. The largest absolute Gasteiger partial charge is 0.399 e. The molecule has 5 nitrogen and oxygen atoms in total. The lowest BCUT2D eigenvalue weighted by Gasteiger charge is -2.08. The van der Waals surface area contributed by atoms with Gasteiger partial charge < -0.3 is 16.8 Å². The molecule has 0 bridgehead atoms. The van der Waals surface area contributed by atoms with E-state index in [2.05, 4.69) is 5.32 Å². The van der Waals surface area contributed by atoms with Gasteiger partial charge in [0.25, 0.3) is 5.91 Å². The number of nitrogens with one attached hydrogen (secondary N) is 1. The van der Waals surface area contributed by atoms with Gasteiger partial charge in [0.05, 0.1) is 10.6 Å². The summed E-state index contributed by atoms with van der Waals surface area (Å²) in [6, 6.07) is 10.9. The maximum atomic E-state index is 12.1. The van der Waals surface area contributed by atoms with Crippen LogP contribution < -0.4 is 16.8 Å². The van der Waals surface area contributed by atoms with E-state index in [0.717, 1.165) is 0 Å².